The lowest BCUT2D eigenvalue weighted by Gasteiger charge is -2.20. The van der Waals surface area contributed by atoms with Gasteiger partial charge in [0.1, 0.15) is 6.07 Å². The van der Waals surface area contributed by atoms with Crippen molar-refractivity contribution in [2.24, 2.45) is 11.3 Å². The third-order valence-corrected chi connectivity index (χ3v) is 3.95. The third kappa shape index (κ3) is 9.37. The van der Waals surface area contributed by atoms with Crippen molar-refractivity contribution in [1.82, 2.24) is 0 Å². The largest absolute Gasteiger partial charge is 0.288 e. The normalized spacial score (nSPS) is 14.9. The van der Waals surface area contributed by atoms with E-state index in [2.05, 4.69) is 58.9 Å². The second kappa shape index (κ2) is 11.5. The first-order valence-electron chi connectivity index (χ1n) is 9.37. The zero-order valence-electron chi connectivity index (χ0n) is 17.8. The minimum atomic E-state index is -0.163. The standard InChI is InChI=1S/C24H35NO/c1-9-22(24(6,7)8)16-19(4)13-11-10-12-14-20(5)23(26)21(17-25)15-18(2)3/h9,11,13-16,18H,10,12H2,1-8H3/b13-11+,19-16+,20-14+,21-15+,22-9+. The van der Waals surface area contributed by atoms with Gasteiger partial charge in [-0.15, -0.1) is 0 Å². The Kier molecular flexibility index (Phi) is 10.5. The number of nitriles is 1. The molecule has 2 heteroatoms. The highest BCUT2D eigenvalue weighted by Crippen LogP contribution is 2.27. The van der Waals surface area contributed by atoms with E-state index in [-0.39, 0.29) is 22.7 Å². The van der Waals surface area contributed by atoms with Crippen LogP contribution >= 0.6 is 0 Å². The van der Waals surface area contributed by atoms with Crippen molar-refractivity contribution in [2.75, 3.05) is 0 Å². The van der Waals surface area contributed by atoms with Gasteiger partial charge in [-0.1, -0.05) is 76.6 Å². The van der Waals surface area contributed by atoms with Gasteiger partial charge in [-0.3, -0.25) is 4.79 Å². The highest BCUT2D eigenvalue weighted by Gasteiger charge is 2.13. The molecule has 142 valence electrons. The first kappa shape index (κ1) is 23.9. The zero-order chi connectivity index (χ0) is 20.3. The van der Waals surface area contributed by atoms with Crippen LogP contribution in [0.15, 0.2) is 58.7 Å². The van der Waals surface area contributed by atoms with Crippen LogP contribution in [0, 0.1) is 22.7 Å². The Balaban J connectivity index is 4.79. The summed E-state index contributed by atoms with van der Waals surface area (Å²) >= 11 is 0. The van der Waals surface area contributed by atoms with Crippen LogP contribution in [0.25, 0.3) is 0 Å². The summed E-state index contributed by atoms with van der Waals surface area (Å²) in [6.07, 6.45) is 13.9. The summed E-state index contributed by atoms with van der Waals surface area (Å²) in [5, 5.41) is 9.13. The van der Waals surface area contributed by atoms with E-state index in [0.717, 1.165) is 12.8 Å². The van der Waals surface area contributed by atoms with Gasteiger partial charge in [-0.25, -0.2) is 0 Å². The number of allylic oxidation sites excluding steroid dienone is 10. The maximum absolute atomic E-state index is 12.2. The molecule has 0 amide bonds. The molecule has 0 aromatic carbocycles. The summed E-state index contributed by atoms with van der Waals surface area (Å²) in [5.74, 6) is 0.0263. The predicted octanol–water partition coefficient (Wildman–Crippen LogP) is 6.88. The molecular formula is C24H35NO. The van der Waals surface area contributed by atoms with Crippen molar-refractivity contribution in [3.05, 3.63) is 58.7 Å². The number of rotatable bonds is 8. The average Bonchev–Trinajstić information content (AvgIpc) is 2.54. The highest BCUT2D eigenvalue weighted by atomic mass is 16.1. The molecule has 0 fully saturated rings. The summed E-state index contributed by atoms with van der Waals surface area (Å²) < 4.78 is 0. The van der Waals surface area contributed by atoms with Crippen molar-refractivity contribution < 1.29 is 4.79 Å². The summed E-state index contributed by atoms with van der Waals surface area (Å²) in [6, 6.07) is 2.01. The van der Waals surface area contributed by atoms with Gasteiger partial charge in [0.05, 0.1) is 5.57 Å². The van der Waals surface area contributed by atoms with Crippen molar-refractivity contribution in [3.8, 4) is 6.07 Å². The molecule has 0 heterocycles. The summed E-state index contributed by atoms with van der Waals surface area (Å²) in [7, 11) is 0. The molecule has 26 heavy (non-hydrogen) atoms. The first-order valence-corrected chi connectivity index (χ1v) is 9.37. The van der Waals surface area contributed by atoms with E-state index in [9.17, 15) is 4.79 Å². The van der Waals surface area contributed by atoms with Crippen LogP contribution in [0.2, 0.25) is 0 Å². The topological polar surface area (TPSA) is 40.9 Å². The Bertz CT molecular complexity index is 668. The molecule has 0 aromatic rings. The van der Waals surface area contributed by atoms with Gasteiger partial charge >= 0.3 is 0 Å². The fourth-order valence-corrected chi connectivity index (χ4v) is 2.49. The minimum absolute atomic E-state index is 0.145. The Morgan fingerprint density at radius 3 is 2.23 bits per heavy atom. The molecule has 0 bridgehead atoms. The number of ketones is 1. The predicted molar refractivity (Wildman–Crippen MR) is 113 cm³/mol. The maximum atomic E-state index is 12.2. The van der Waals surface area contributed by atoms with Crippen LogP contribution in [0.3, 0.4) is 0 Å². The highest BCUT2D eigenvalue weighted by molar-refractivity contribution is 6.10. The van der Waals surface area contributed by atoms with Crippen molar-refractivity contribution in [3.63, 3.8) is 0 Å². The summed E-state index contributed by atoms with van der Waals surface area (Å²) in [4.78, 5) is 12.2. The maximum Gasteiger partial charge on any atom is 0.198 e. The number of hydrogen-bond donors (Lipinski definition) is 0. The van der Waals surface area contributed by atoms with Gasteiger partial charge in [0, 0.05) is 0 Å². The number of hydrogen-bond acceptors (Lipinski definition) is 2. The molecule has 0 N–H and O–H groups in total. The lowest BCUT2D eigenvalue weighted by Crippen LogP contribution is -2.07. The van der Waals surface area contributed by atoms with E-state index in [4.69, 9.17) is 5.26 Å². The van der Waals surface area contributed by atoms with Crippen molar-refractivity contribution >= 4 is 5.78 Å². The molecule has 0 aliphatic heterocycles. The van der Waals surface area contributed by atoms with Crippen LogP contribution in [0.1, 0.15) is 68.2 Å². The third-order valence-electron chi connectivity index (χ3n) is 3.95. The fraction of sp³-hybridized carbons (Fsp3) is 0.500. The zero-order valence-corrected chi connectivity index (χ0v) is 17.8. The Morgan fingerprint density at radius 1 is 1.15 bits per heavy atom. The second-order valence-electron chi connectivity index (χ2n) is 8.01. The lowest BCUT2D eigenvalue weighted by molar-refractivity contribution is -0.111. The van der Waals surface area contributed by atoms with Crippen LogP contribution in [0.5, 0.6) is 0 Å². The van der Waals surface area contributed by atoms with Gasteiger partial charge in [0.2, 0.25) is 0 Å². The SMILES string of the molecule is C\C=C(/C=C(C)/C=C/CC/C=C(\C)C(=O)/C(C#N)=C/C(C)C)C(C)(C)C. The molecule has 0 radical (unpaired) electrons. The van der Waals surface area contributed by atoms with E-state index in [1.807, 2.05) is 26.0 Å². The monoisotopic (exact) mass is 353 g/mol. The molecule has 0 unspecified atom stereocenters. The molecule has 0 aliphatic carbocycles. The molecular weight excluding hydrogens is 318 g/mol. The van der Waals surface area contributed by atoms with Gasteiger partial charge < -0.3 is 0 Å². The molecule has 0 saturated heterocycles. The second-order valence-corrected chi connectivity index (χ2v) is 8.01. The molecule has 0 aromatic heterocycles. The minimum Gasteiger partial charge on any atom is -0.288 e. The molecule has 0 saturated carbocycles. The number of carbonyl (C=O) groups is 1. The van der Waals surface area contributed by atoms with Gasteiger partial charge in [0.25, 0.3) is 0 Å². The molecule has 2 nitrogen and oxygen atoms in total. The van der Waals surface area contributed by atoms with Gasteiger partial charge in [-0.2, -0.15) is 5.26 Å². The van der Waals surface area contributed by atoms with Gasteiger partial charge in [-0.05, 0) is 56.1 Å². The Morgan fingerprint density at radius 2 is 1.77 bits per heavy atom. The van der Waals surface area contributed by atoms with Crippen molar-refractivity contribution in [1.29, 1.82) is 5.26 Å². The first-order chi connectivity index (χ1) is 12.0. The molecule has 0 rings (SSSR count). The molecule has 0 aliphatic rings. The van der Waals surface area contributed by atoms with Crippen LogP contribution in [-0.4, -0.2) is 5.78 Å². The van der Waals surface area contributed by atoms with E-state index >= 15 is 0 Å². The van der Waals surface area contributed by atoms with Gasteiger partial charge in [0.15, 0.2) is 5.78 Å². The number of unbranched alkanes of at least 4 members (excludes halogenated alkanes) is 1. The van der Waals surface area contributed by atoms with Crippen LogP contribution in [0.4, 0.5) is 0 Å². The van der Waals surface area contributed by atoms with E-state index in [1.165, 1.54) is 11.1 Å². The smallest absolute Gasteiger partial charge is 0.198 e. The number of Topliss-reactive ketones (excluding diaryl/α,β-unsaturated/α-hetero) is 1. The lowest BCUT2D eigenvalue weighted by atomic mass is 9.85. The molecule has 0 atom stereocenters. The summed E-state index contributed by atoms with van der Waals surface area (Å²) in [5.41, 5.74) is 3.57. The Labute approximate surface area is 160 Å². The fourth-order valence-electron chi connectivity index (χ4n) is 2.49. The van der Waals surface area contributed by atoms with Crippen molar-refractivity contribution in [2.45, 2.75) is 68.2 Å². The van der Waals surface area contributed by atoms with Crippen LogP contribution in [-0.2, 0) is 4.79 Å². The van der Waals surface area contributed by atoms with E-state index in [0.29, 0.717) is 5.57 Å². The summed E-state index contributed by atoms with van der Waals surface area (Å²) in [6.45, 7) is 16.5. The number of carbonyl (C=O) groups excluding carboxylic acids is 1. The Hall–Kier alpha value is -2.14. The quantitative estimate of drug-likeness (QED) is 0.206. The average molecular weight is 354 g/mol. The molecule has 0 spiro atoms. The number of nitrogens with zero attached hydrogens (tertiary/aromatic N) is 1. The van der Waals surface area contributed by atoms with E-state index in [1.54, 1.807) is 13.0 Å². The van der Waals surface area contributed by atoms with E-state index < -0.39 is 0 Å². The van der Waals surface area contributed by atoms with Crippen LogP contribution < -0.4 is 0 Å².